The topological polar surface area (TPSA) is 98.1 Å². The molecule has 4 N–H and O–H groups in total. The summed E-state index contributed by atoms with van der Waals surface area (Å²) in [7, 11) is 1.85. The van der Waals surface area contributed by atoms with E-state index < -0.39 is 23.0 Å². The van der Waals surface area contributed by atoms with Gasteiger partial charge < -0.3 is 16.4 Å². The maximum atomic E-state index is 13.2. The molecule has 3 heterocycles. The van der Waals surface area contributed by atoms with E-state index in [4.69, 9.17) is 5.73 Å². The Bertz CT molecular complexity index is 966. The predicted molar refractivity (Wildman–Crippen MR) is 104 cm³/mol. The zero-order valence-corrected chi connectivity index (χ0v) is 17.0. The fraction of sp³-hybridized carbons (Fsp3) is 0.500. The minimum absolute atomic E-state index is 0.00301. The molecule has 1 unspecified atom stereocenters. The van der Waals surface area contributed by atoms with E-state index in [2.05, 4.69) is 25.8 Å². The zero-order valence-electron chi connectivity index (χ0n) is 17.0. The Morgan fingerprint density at radius 2 is 2.00 bits per heavy atom. The Kier molecular flexibility index (Phi) is 4.98. The molecule has 158 valence electrons. The molecule has 1 aliphatic heterocycles. The van der Waals surface area contributed by atoms with Crippen molar-refractivity contribution < 1.29 is 13.2 Å². The van der Waals surface area contributed by atoms with E-state index in [1.165, 1.54) is 0 Å². The van der Waals surface area contributed by atoms with Gasteiger partial charge >= 0.3 is 6.18 Å². The van der Waals surface area contributed by atoms with Crippen molar-refractivity contribution in [2.24, 2.45) is 17.8 Å². The minimum atomic E-state index is -4.57. The third kappa shape index (κ3) is 3.74. The monoisotopic (exact) mass is 410 g/mol. The molecule has 0 radical (unpaired) electrons. The normalized spacial score (nSPS) is 20.2. The molecule has 0 saturated heterocycles. The first kappa shape index (κ1) is 20.9. The molecule has 1 atom stereocenters. The van der Waals surface area contributed by atoms with Crippen molar-refractivity contribution in [1.29, 1.82) is 0 Å². The lowest BCUT2D eigenvalue weighted by Gasteiger charge is -2.32. The van der Waals surface area contributed by atoms with Crippen molar-refractivity contribution in [3.63, 3.8) is 0 Å². The van der Waals surface area contributed by atoms with E-state index in [1.54, 1.807) is 35.6 Å². The summed E-state index contributed by atoms with van der Waals surface area (Å²) in [6.07, 6.45) is -0.223. The minimum Gasteiger partial charge on any atom is -0.332 e. The number of aryl methyl sites for hydroxylation is 2. The zero-order chi connectivity index (χ0) is 21.6. The van der Waals surface area contributed by atoms with Gasteiger partial charge in [-0.3, -0.25) is 9.36 Å². The van der Waals surface area contributed by atoms with Gasteiger partial charge in [-0.2, -0.15) is 23.4 Å². The predicted octanol–water partition coefficient (Wildman–Crippen LogP) is 2.59. The Labute approximate surface area is 166 Å². The third-order valence-electron chi connectivity index (χ3n) is 5.15. The SMILES string of the molecule is CCC1(N)N=C(Nc2cn(C(C)(C)c3ccnn3C)nc2C)NC=C1C(F)(F)F. The summed E-state index contributed by atoms with van der Waals surface area (Å²) >= 11 is 0. The number of aromatic nitrogens is 4. The summed E-state index contributed by atoms with van der Waals surface area (Å²) in [5.41, 5.74) is 4.89. The van der Waals surface area contributed by atoms with Gasteiger partial charge in [0.2, 0.25) is 5.96 Å². The van der Waals surface area contributed by atoms with E-state index in [1.807, 2.05) is 27.0 Å². The second-order valence-corrected chi connectivity index (χ2v) is 7.54. The van der Waals surface area contributed by atoms with E-state index in [9.17, 15) is 13.2 Å². The molecule has 0 aliphatic carbocycles. The molecule has 2 aromatic heterocycles. The van der Waals surface area contributed by atoms with Gasteiger partial charge in [-0.05, 0) is 33.3 Å². The maximum absolute atomic E-state index is 13.2. The summed E-state index contributed by atoms with van der Waals surface area (Å²) in [6.45, 7) is 7.35. The van der Waals surface area contributed by atoms with E-state index in [0.29, 0.717) is 11.4 Å². The molecule has 8 nitrogen and oxygen atoms in total. The number of nitrogens with zero attached hydrogens (tertiary/aromatic N) is 5. The molecule has 2 aromatic rings. The highest BCUT2D eigenvalue weighted by Gasteiger charge is 2.47. The van der Waals surface area contributed by atoms with Crippen LogP contribution in [0.5, 0.6) is 0 Å². The maximum Gasteiger partial charge on any atom is 0.417 e. The van der Waals surface area contributed by atoms with Crippen LogP contribution in [0.2, 0.25) is 0 Å². The summed E-state index contributed by atoms with van der Waals surface area (Å²) < 4.78 is 43.3. The molecule has 0 amide bonds. The van der Waals surface area contributed by atoms with Crippen LogP contribution in [0.4, 0.5) is 18.9 Å². The average Bonchev–Trinajstić information content (AvgIpc) is 3.21. The van der Waals surface area contributed by atoms with Gasteiger partial charge in [-0.1, -0.05) is 6.92 Å². The van der Waals surface area contributed by atoms with Crippen LogP contribution in [0.1, 0.15) is 38.6 Å². The van der Waals surface area contributed by atoms with Crippen molar-refractivity contribution >= 4 is 11.6 Å². The van der Waals surface area contributed by atoms with Gasteiger partial charge in [-0.15, -0.1) is 0 Å². The largest absolute Gasteiger partial charge is 0.417 e. The van der Waals surface area contributed by atoms with Gasteiger partial charge in [0.05, 0.1) is 28.2 Å². The number of nitrogens with two attached hydrogens (primary N) is 1. The number of anilines is 1. The number of halogens is 3. The molecule has 0 bridgehead atoms. The fourth-order valence-corrected chi connectivity index (χ4v) is 3.31. The van der Waals surface area contributed by atoms with Crippen molar-refractivity contribution in [2.45, 2.75) is 51.5 Å². The molecular weight excluding hydrogens is 385 g/mol. The lowest BCUT2D eigenvalue weighted by molar-refractivity contribution is -0.101. The highest BCUT2D eigenvalue weighted by molar-refractivity contribution is 5.95. The van der Waals surface area contributed by atoms with Crippen LogP contribution in [-0.2, 0) is 12.6 Å². The molecule has 0 aromatic carbocycles. The number of alkyl halides is 3. The summed E-state index contributed by atoms with van der Waals surface area (Å²) in [6, 6.07) is 1.91. The second kappa shape index (κ2) is 6.90. The van der Waals surface area contributed by atoms with Crippen molar-refractivity contribution in [2.75, 3.05) is 5.32 Å². The molecule has 11 heteroatoms. The second-order valence-electron chi connectivity index (χ2n) is 7.54. The number of nitrogens with one attached hydrogen (secondary N) is 2. The van der Waals surface area contributed by atoms with Crippen molar-refractivity contribution in [3.05, 3.63) is 41.6 Å². The summed E-state index contributed by atoms with van der Waals surface area (Å²) in [5, 5.41) is 14.3. The fourth-order valence-electron chi connectivity index (χ4n) is 3.31. The Morgan fingerprint density at radius 1 is 1.31 bits per heavy atom. The van der Waals surface area contributed by atoms with Crippen LogP contribution < -0.4 is 16.4 Å². The Morgan fingerprint density at radius 3 is 2.55 bits per heavy atom. The molecular formula is C18H25F3N8. The molecule has 0 spiro atoms. The Hall–Kier alpha value is -2.82. The number of hydrogen-bond donors (Lipinski definition) is 3. The van der Waals surface area contributed by atoms with Crippen molar-refractivity contribution in [3.8, 4) is 0 Å². The number of hydrogen-bond acceptors (Lipinski definition) is 6. The lowest BCUT2D eigenvalue weighted by Crippen LogP contribution is -2.51. The number of rotatable bonds is 4. The number of aliphatic imine (C=N–C) groups is 1. The first-order chi connectivity index (χ1) is 13.4. The molecule has 0 saturated carbocycles. The standard InChI is InChI=1S/C18H25F3N8/c1-6-17(22)13(18(19,20)21)9-23-15(26-17)25-12-10-29(27-11(12)2)16(3,4)14-7-8-24-28(14)5/h7-10H,6,22H2,1-5H3,(H2,23,25,26). The summed E-state index contributed by atoms with van der Waals surface area (Å²) in [4.78, 5) is 4.08. The third-order valence-corrected chi connectivity index (χ3v) is 5.15. The van der Waals surface area contributed by atoms with Crippen LogP contribution >= 0.6 is 0 Å². The van der Waals surface area contributed by atoms with Gasteiger partial charge in [0, 0.05) is 25.6 Å². The van der Waals surface area contributed by atoms with Crippen LogP contribution in [0.25, 0.3) is 0 Å². The van der Waals surface area contributed by atoms with E-state index in [-0.39, 0.29) is 12.4 Å². The quantitative estimate of drug-likeness (QED) is 0.720. The van der Waals surface area contributed by atoms with Crippen LogP contribution in [0.3, 0.4) is 0 Å². The molecule has 3 rings (SSSR count). The molecule has 0 fully saturated rings. The molecule has 29 heavy (non-hydrogen) atoms. The lowest BCUT2D eigenvalue weighted by atomic mass is 9.97. The first-order valence-corrected chi connectivity index (χ1v) is 9.14. The summed E-state index contributed by atoms with van der Waals surface area (Å²) in [5.74, 6) is 0.128. The number of guanidine groups is 1. The van der Waals surface area contributed by atoms with Gasteiger partial charge in [0.1, 0.15) is 5.66 Å². The highest BCUT2D eigenvalue weighted by Crippen LogP contribution is 2.36. The van der Waals surface area contributed by atoms with Crippen molar-refractivity contribution in [1.82, 2.24) is 24.9 Å². The van der Waals surface area contributed by atoms with Gasteiger partial charge in [-0.25, -0.2) is 4.99 Å². The van der Waals surface area contributed by atoms with Gasteiger partial charge in [0.25, 0.3) is 0 Å². The first-order valence-electron chi connectivity index (χ1n) is 9.14. The molecule has 1 aliphatic rings. The van der Waals surface area contributed by atoms with Crippen LogP contribution in [0.15, 0.2) is 35.2 Å². The van der Waals surface area contributed by atoms with Crippen LogP contribution in [0, 0.1) is 6.92 Å². The van der Waals surface area contributed by atoms with Gasteiger partial charge in [0.15, 0.2) is 0 Å². The Balaban J connectivity index is 1.88. The van der Waals surface area contributed by atoms with Crippen LogP contribution in [-0.4, -0.2) is 37.4 Å². The average molecular weight is 410 g/mol. The van der Waals surface area contributed by atoms with E-state index >= 15 is 0 Å². The smallest absolute Gasteiger partial charge is 0.332 e. The highest BCUT2D eigenvalue weighted by atomic mass is 19.4. The van der Waals surface area contributed by atoms with E-state index in [0.717, 1.165) is 11.9 Å².